The third-order valence-electron chi connectivity index (χ3n) is 3.75. The highest BCUT2D eigenvalue weighted by Gasteiger charge is 2.46. The highest BCUT2D eigenvalue weighted by molar-refractivity contribution is 5.84. The summed E-state index contributed by atoms with van der Waals surface area (Å²) in [4.78, 5) is 12.0. The zero-order valence-electron chi connectivity index (χ0n) is 11.0. The van der Waals surface area contributed by atoms with Crippen molar-refractivity contribution in [3.05, 3.63) is 47.5 Å². The topological polar surface area (TPSA) is 41.6 Å². The fourth-order valence-corrected chi connectivity index (χ4v) is 2.60. The summed E-state index contributed by atoms with van der Waals surface area (Å²) in [5, 5.41) is 2.94. The lowest BCUT2D eigenvalue weighted by molar-refractivity contribution is -0.122. The number of carbonyl (C=O) groups excluding carboxylic acids is 1. The summed E-state index contributed by atoms with van der Waals surface area (Å²) in [6.07, 6.45) is 6.76. The Morgan fingerprint density at radius 3 is 2.84 bits per heavy atom. The van der Waals surface area contributed by atoms with Gasteiger partial charge in [0.1, 0.15) is 6.10 Å². The van der Waals surface area contributed by atoms with Crippen LogP contribution in [0.5, 0.6) is 0 Å². The molecular formula is C16H19NO2. The average molecular weight is 257 g/mol. The van der Waals surface area contributed by atoms with Gasteiger partial charge in [-0.25, -0.2) is 0 Å². The molecule has 0 saturated carbocycles. The summed E-state index contributed by atoms with van der Waals surface area (Å²) in [5.74, 6) is 0.0142. The van der Waals surface area contributed by atoms with E-state index in [1.807, 2.05) is 30.3 Å². The van der Waals surface area contributed by atoms with Gasteiger partial charge in [-0.05, 0) is 36.8 Å². The predicted octanol–water partition coefficient (Wildman–Crippen LogP) is 2.57. The maximum Gasteiger partial charge on any atom is 0.252 e. The van der Waals surface area contributed by atoms with Gasteiger partial charge in [-0.3, -0.25) is 4.79 Å². The Bertz CT molecular complexity index is 481. The molecule has 3 heteroatoms. The minimum absolute atomic E-state index is 0.0142. The van der Waals surface area contributed by atoms with Gasteiger partial charge in [-0.2, -0.15) is 0 Å². The molecule has 0 aromatic heterocycles. The molecule has 0 bridgehead atoms. The molecule has 1 N–H and O–H groups in total. The van der Waals surface area contributed by atoms with E-state index in [0.717, 1.165) is 18.4 Å². The highest BCUT2D eigenvalue weighted by Crippen LogP contribution is 2.34. The second-order valence-electron chi connectivity index (χ2n) is 5.21. The van der Waals surface area contributed by atoms with Gasteiger partial charge in [0.2, 0.25) is 0 Å². The van der Waals surface area contributed by atoms with Crippen LogP contribution in [0.4, 0.5) is 0 Å². The van der Waals surface area contributed by atoms with Crippen LogP contribution in [0.15, 0.2) is 42.0 Å². The SMILES string of the molecule is O=C(NCc1ccccc1)[C@@H]1O[C@@H]1C1=CCCCC1. The molecule has 1 heterocycles. The smallest absolute Gasteiger partial charge is 0.252 e. The van der Waals surface area contributed by atoms with Crippen molar-refractivity contribution in [1.82, 2.24) is 5.32 Å². The van der Waals surface area contributed by atoms with Gasteiger partial charge in [0.25, 0.3) is 5.91 Å². The first-order chi connectivity index (χ1) is 9.34. The Hall–Kier alpha value is -1.61. The van der Waals surface area contributed by atoms with Crippen LogP contribution >= 0.6 is 0 Å². The van der Waals surface area contributed by atoms with Crippen LogP contribution < -0.4 is 5.32 Å². The number of hydrogen-bond acceptors (Lipinski definition) is 2. The number of epoxide rings is 1. The van der Waals surface area contributed by atoms with E-state index in [0.29, 0.717) is 6.54 Å². The standard InChI is InChI=1S/C16H19NO2/c18-16(17-11-12-7-3-1-4-8-12)15-14(19-15)13-9-5-2-6-10-13/h1,3-4,7-9,14-15H,2,5-6,10-11H2,(H,17,18)/t14-,15-/m1/s1. The molecule has 1 aliphatic heterocycles. The minimum Gasteiger partial charge on any atom is -0.354 e. The Balaban J connectivity index is 1.49. The first-order valence-electron chi connectivity index (χ1n) is 7.00. The van der Waals surface area contributed by atoms with Crippen LogP contribution in [0, 0.1) is 0 Å². The number of nitrogens with one attached hydrogen (secondary N) is 1. The van der Waals surface area contributed by atoms with Gasteiger partial charge >= 0.3 is 0 Å². The largest absolute Gasteiger partial charge is 0.354 e. The van der Waals surface area contributed by atoms with Crippen molar-refractivity contribution < 1.29 is 9.53 Å². The zero-order valence-corrected chi connectivity index (χ0v) is 11.0. The molecule has 100 valence electrons. The Morgan fingerprint density at radius 2 is 2.11 bits per heavy atom. The summed E-state index contributed by atoms with van der Waals surface area (Å²) in [7, 11) is 0. The molecule has 3 nitrogen and oxygen atoms in total. The van der Waals surface area contributed by atoms with Crippen LogP contribution in [-0.4, -0.2) is 18.1 Å². The van der Waals surface area contributed by atoms with Crippen LogP contribution in [0.2, 0.25) is 0 Å². The first-order valence-corrected chi connectivity index (χ1v) is 7.00. The molecule has 1 amide bonds. The molecule has 0 unspecified atom stereocenters. The van der Waals surface area contributed by atoms with Crippen molar-refractivity contribution in [3.63, 3.8) is 0 Å². The fraction of sp³-hybridized carbons (Fsp3) is 0.438. The van der Waals surface area contributed by atoms with Crippen molar-refractivity contribution in [2.24, 2.45) is 0 Å². The van der Waals surface area contributed by atoms with Gasteiger partial charge in [0.15, 0.2) is 6.10 Å². The molecule has 1 aromatic carbocycles. The molecule has 19 heavy (non-hydrogen) atoms. The minimum atomic E-state index is -0.256. The number of hydrogen-bond donors (Lipinski definition) is 1. The Labute approximate surface area is 113 Å². The number of benzene rings is 1. The summed E-state index contributed by atoms with van der Waals surface area (Å²) in [5.41, 5.74) is 2.44. The second-order valence-corrected chi connectivity index (χ2v) is 5.21. The molecule has 3 rings (SSSR count). The van der Waals surface area contributed by atoms with Crippen molar-refractivity contribution in [3.8, 4) is 0 Å². The van der Waals surface area contributed by atoms with Crippen LogP contribution in [0.25, 0.3) is 0 Å². The number of amides is 1. The lowest BCUT2D eigenvalue weighted by atomic mass is 9.96. The van der Waals surface area contributed by atoms with Crippen molar-refractivity contribution in [2.45, 2.75) is 44.4 Å². The molecule has 1 saturated heterocycles. The number of allylic oxidation sites excluding steroid dienone is 1. The van der Waals surface area contributed by atoms with E-state index in [9.17, 15) is 4.79 Å². The molecule has 1 aliphatic carbocycles. The maximum atomic E-state index is 12.0. The number of carbonyl (C=O) groups is 1. The van der Waals surface area contributed by atoms with E-state index >= 15 is 0 Å². The molecule has 0 spiro atoms. The van der Waals surface area contributed by atoms with Crippen molar-refractivity contribution in [1.29, 1.82) is 0 Å². The van der Waals surface area contributed by atoms with Gasteiger partial charge in [-0.15, -0.1) is 0 Å². The van der Waals surface area contributed by atoms with E-state index in [1.54, 1.807) is 0 Å². The summed E-state index contributed by atoms with van der Waals surface area (Å²) < 4.78 is 5.53. The molecule has 0 radical (unpaired) electrons. The highest BCUT2D eigenvalue weighted by atomic mass is 16.6. The van der Waals surface area contributed by atoms with Crippen LogP contribution in [0.1, 0.15) is 31.2 Å². The van der Waals surface area contributed by atoms with E-state index in [-0.39, 0.29) is 18.1 Å². The second kappa shape index (κ2) is 5.57. The molecule has 2 atom stereocenters. The summed E-state index contributed by atoms with van der Waals surface area (Å²) >= 11 is 0. The summed E-state index contributed by atoms with van der Waals surface area (Å²) in [6, 6.07) is 9.95. The van der Waals surface area contributed by atoms with Gasteiger partial charge in [-0.1, -0.05) is 36.4 Å². The number of rotatable bonds is 4. The lowest BCUT2D eigenvalue weighted by Crippen LogP contribution is -2.28. The summed E-state index contributed by atoms with van der Waals surface area (Å²) in [6.45, 7) is 0.575. The van der Waals surface area contributed by atoms with Crippen molar-refractivity contribution in [2.75, 3.05) is 0 Å². The third kappa shape index (κ3) is 3.04. The fourth-order valence-electron chi connectivity index (χ4n) is 2.60. The van der Waals surface area contributed by atoms with Crippen LogP contribution in [0.3, 0.4) is 0 Å². The average Bonchev–Trinajstić information content (AvgIpc) is 3.27. The van der Waals surface area contributed by atoms with Crippen LogP contribution in [-0.2, 0) is 16.1 Å². The van der Waals surface area contributed by atoms with E-state index in [1.165, 1.54) is 18.4 Å². The van der Waals surface area contributed by atoms with E-state index < -0.39 is 0 Å². The molecule has 2 aliphatic rings. The predicted molar refractivity (Wildman–Crippen MR) is 73.5 cm³/mol. The Morgan fingerprint density at radius 1 is 1.26 bits per heavy atom. The quantitative estimate of drug-likeness (QED) is 0.665. The first kappa shape index (κ1) is 12.4. The maximum absolute atomic E-state index is 12.0. The Kier molecular flexibility index (Phi) is 3.65. The van der Waals surface area contributed by atoms with Gasteiger partial charge in [0, 0.05) is 6.54 Å². The number of ether oxygens (including phenoxy) is 1. The zero-order chi connectivity index (χ0) is 13.1. The monoisotopic (exact) mass is 257 g/mol. The molecular weight excluding hydrogens is 238 g/mol. The lowest BCUT2D eigenvalue weighted by Gasteiger charge is -2.09. The third-order valence-corrected chi connectivity index (χ3v) is 3.75. The molecule has 1 fully saturated rings. The van der Waals surface area contributed by atoms with E-state index in [4.69, 9.17) is 4.74 Å². The molecule has 1 aromatic rings. The van der Waals surface area contributed by atoms with Crippen molar-refractivity contribution >= 4 is 5.91 Å². The van der Waals surface area contributed by atoms with Gasteiger partial charge < -0.3 is 10.1 Å². The normalized spacial score (nSPS) is 25.6. The van der Waals surface area contributed by atoms with Gasteiger partial charge in [0.05, 0.1) is 0 Å². The van der Waals surface area contributed by atoms with E-state index in [2.05, 4.69) is 11.4 Å².